The van der Waals surface area contributed by atoms with E-state index in [0.29, 0.717) is 48.5 Å². The van der Waals surface area contributed by atoms with Crippen molar-refractivity contribution in [2.24, 2.45) is 0 Å². The largest absolute Gasteiger partial charge is 0.359 e. The van der Waals surface area contributed by atoms with Gasteiger partial charge in [0, 0.05) is 26.3 Å². The van der Waals surface area contributed by atoms with Gasteiger partial charge in [-0.15, -0.1) is 10.2 Å². The fourth-order valence-corrected chi connectivity index (χ4v) is 5.75. The second kappa shape index (κ2) is 7.93. The van der Waals surface area contributed by atoms with E-state index in [4.69, 9.17) is 0 Å². The lowest BCUT2D eigenvalue weighted by Gasteiger charge is -2.34. The van der Waals surface area contributed by atoms with Crippen molar-refractivity contribution in [3.8, 4) is 16.9 Å². The van der Waals surface area contributed by atoms with E-state index in [1.807, 2.05) is 6.07 Å². The molecule has 1 amide bonds. The topological polar surface area (TPSA) is 137 Å². The monoisotopic (exact) mass is 508 g/mol. The molecule has 0 unspecified atom stereocenters. The molecule has 15 heteroatoms. The molecule has 2 aliphatic rings. The summed E-state index contributed by atoms with van der Waals surface area (Å²) < 4.78 is 56.4. The van der Waals surface area contributed by atoms with Crippen molar-refractivity contribution >= 4 is 38.5 Å². The van der Waals surface area contributed by atoms with Crippen LogP contribution in [-0.2, 0) is 14.8 Å². The minimum Gasteiger partial charge on any atom is -0.359 e. The third-order valence-corrected chi connectivity index (χ3v) is 8.24. The van der Waals surface area contributed by atoms with E-state index in [1.54, 1.807) is 16.8 Å². The number of alkyl halides is 2. The molecular weight excluding hydrogens is 490 g/mol. The molecule has 1 aliphatic carbocycles. The number of aromatic nitrogens is 4. The molecule has 178 valence electrons. The number of amides is 1. The molecule has 0 spiro atoms. The first-order chi connectivity index (χ1) is 16.1. The number of imidazole rings is 1. The zero-order valence-electron chi connectivity index (χ0n) is 17.8. The number of rotatable bonds is 6. The lowest BCUT2D eigenvalue weighted by Crippen LogP contribution is -2.48. The minimum absolute atomic E-state index is 0.0279. The molecule has 34 heavy (non-hydrogen) atoms. The van der Waals surface area contributed by atoms with Crippen LogP contribution in [0, 0.1) is 11.3 Å². The Labute approximate surface area is 196 Å². The summed E-state index contributed by atoms with van der Waals surface area (Å²) in [6.07, 6.45) is 0.784. The van der Waals surface area contributed by atoms with E-state index in [9.17, 15) is 27.3 Å². The van der Waals surface area contributed by atoms with E-state index in [-0.39, 0.29) is 28.2 Å². The SMILES string of the molecule is CN1CCN(c2cc(S(=O)(=O)NC3(C#N)CC3)cn3c(-c4nnc(C(F)F)s4)ncc23)CC1=O. The van der Waals surface area contributed by atoms with Gasteiger partial charge < -0.3 is 9.80 Å². The quantitative estimate of drug-likeness (QED) is 0.528. The number of nitriles is 1. The maximum absolute atomic E-state index is 13.2. The summed E-state index contributed by atoms with van der Waals surface area (Å²) in [5.41, 5.74) is -0.231. The number of hydrogen-bond donors (Lipinski definition) is 1. The van der Waals surface area contributed by atoms with Gasteiger partial charge in [-0.1, -0.05) is 11.3 Å². The van der Waals surface area contributed by atoms with Gasteiger partial charge in [0.05, 0.1) is 30.0 Å². The van der Waals surface area contributed by atoms with Gasteiger partial charge in [-0.3, -0.25) is 9.20 Å². The Morgan fingerprint density at radius 2 is 2.06 bits per heavy atom. The first-order valence-electron chi connectivity index (χ1n) is 10.2. The first-order valence-corrected chi connectivity index (χ1v) is 12.5. The lowest BCUT2D eigenvalue weighted by atomic mass is 10.2. The third-order valence-electron chi connectivity index (χ3n) is 5.82. The van der Waals surface area contributed by atoms with Gasteiger partial charge in [-0.05, 0) is 18.9 Å². The van der Waals surface area contributed by atoms with Crippen LogP contribution in [0.25, 0.3) is 16.3 Å². The highest BCUT2D eigenvalue weighted by atomic mass is 32.2. The number of carbonyl (C=O) groups excluding carboxylic acids is 1. The molecule has 3 aromatic heterocycles. The third kappa shape index (κ3) is 3.87. The summed E-state index contributed by atoms with van der Waals surface area (Å²) in [5, 5.41) is 16.2. The summed E-state index contributed by atoms with van der Waals surface area (Å²) in [7, 11) is -2.44. The highest BCUT2D eigenvalue weighted by molar-refractivity contribution is 7.89. The summed E-state index contributed by atoms with van der Waals surface area (Å²) in [6.45, 7) is 0.915. The Morgan fingerprint density at radius 1 is 1.29 bits per heavy atom. The number of halogens is 2. The normalized spacial score (nSPS) is 18.0. The number of piperazine rings is 1. The maximum Gasteiger partial charge on any atom is 0.291 e. The zero-order valence-corrected chi connectivity index (χ0v) is 19.4. The van der Waals surface area contributed by atoms with Crippen LogP contribution in [0.3, 0.4) is 0 Å². The van der Waals surface area contributed by atoms with Crippen molar-refractivity contribution in [1.82, 2.24) is 29.2 Å². The van der Waals surface area contributed by atoms with Gasteiger partial charge in [-0.2, -0.15) is 9.98 Å². The van der Waals surface area contributed by atoms with Gasteiger partial charge in [0.25, 0.3) is 6.43 Å². The zero-order chi connectivity index (χ0) is 24.3. The van der Waals surface area contributed by atoms with Crippen molar-refractivity contribution in [3.05, 3.63) is 23.5 Å². The van der Waals surface area contributed by atoms with Crippen LogP contribution >= 0.6 is 11.3 Å². The molecule has 0 bridgehead atoms. The van der Waals surface area contributed by atoms with Crippen LogP contribution in [-0.4, -0.2) is 71.0 Å². The minimum atomic E-state index is -4.13. The fraction of sp³-hybridized carbons (Fsp3) is 0.421. The predicted octanol–water partition coefficient (Wildman–Crippen LogP) is 1.40. The molecule has 4 heterocycles. The summed E-state index contributed by atoms with van der Waals surface area (Å²) in [4.78, 5) is 19.8. The van der Waals surface area contributed by atoms with E-state index >= 15 is 0 Å². The van der Waals surface area contributed by atoms with Crippen molar-refractivity contribution in [2.45, 2.75) is 29.7 Å². The Balaban J connectivity index is 1.66. The summed E-state index contributed by atoms with van der Waals surface area (Å²) in [6, 6.07) is 3.42. The molecule has 1 saturated heterocycles. The van der Waals surface area contributed by atoms with E-state index in [1.165, 1.54) is 22.9 Å². The number of nitrogens with zero attached hydrogens (tertiary/aromatic N) is 7. The van der Waals surface area contributed by atoms with Crippen LogP contribution in [0.4, 0.5) is 14.5 Å². The van der Waals surface area contributed by atoms with Crippen LogP contribution in [0.1, 0.15) is 24.3 Å². The number of sulfonamides is 1. The van der Waals surface area contributed by atoms with E-state index in [2.05, 4.69) is 19.9 Å². The van der Waals surface area contributed by atoms with Crippen molar-refractivity contribution in [3.63, 3.8) is 0 Å². The number of fused-ring (bicyclic) bond motifs is 1. The van der Waals surface area contributed by atoms with Crippen LogP contribution in [0.5, 0.6) is 0 Å². The van der Waals surface area contributed by atoms with Gasteiger partial charge in [0.15, 0.2) is 15.8 Å². The number of hydrogen-bond acceptors (Lipinski definition) is 9. The van der Waals surface area contributed by atoms with Gasteiger partial charge in [0.1, 0.15) is 10.4 Å². The lowest BCUT2D eigenvalue weighted by molar-refractivity contribution is -0.129. The number of anilines is 1. The van der Waals surface area contributed by atoms with Crippen molar-refractivity contribution in [1.29, 1.82) is 5.26 Å². The second-order valence-corrected chi connectivity index (χ2v) is 10.9. The van der Waals surface area contributed by atoms with Gasteiger partial charge in [0.2, 0.25) is 15.9 Å². The standard InChI is InChI=1S/C19H18F2N8O3S2/c1-27-4-5-28(9-14(27)30)12-6-11(34(31,32)26-19(10-22)2-3-19)8-29-13(12)7-23-16(29)18-25-24-17(33-18)15(20)21/h6-8,15,26H,2-5,9H2,1H3. The average molecular weight is 509 g/mol. The number of carbonyl (C=O) groups is 1. The Kier molecular flexibility index (Phi) is 5.26. The van der Waals surface area contributed by atoms with Gasteiger partial charge in [-0.25, -0.2) is 22.2 Å². The second-order valence-electron chi connectivity index (χ2n) is 8.18. The number of likely N-dealkylation sites (N-methyl/N-ethyl adjacent to an activating group) is 1. The molecule has 0 atom stereocenters. The highest BCUT2D eigenvalue weighted by Gasteiger charge is 2.47. The molecule has 3 aromatic rings. The first kappa shape index (κ1) is 22.6. The Hall–Kier alpha value is -3.22. The van der Waals surface area contributed by atoms with Crippen LogP contribution in [0.2, 0.25) is 0 Å². The van der Waals surface area contributed by atoms with Gasteiger partial charge >= 0.3 is 0 Å². The molecule has 11 nitrogen and oxygen atoms in total. The Bertz CT molecular complexity index is 1440. The molecule has 1 N–H and O–H groups in total. The fourth-order valence-electron chi connectivity index (χ4n) is 3.67. The predicted molar refractivity (Wildman–Crippen MR) is 117 cm³/mol. The van der Waals surface area contributed by atoms with E-state index in [0.717, 1.165) is 0 Å². The van der Waals surface area contributed by atoms with Crippen LogP contribution in [0.15, 0.2) is 23.4 Å². The molecular formula is C19H18F2N8O3S2. The summed E-state index contributed by atoms with van der Waals surface area (Å²) >= 11 is 0.655. The Morgan fingerprint density at radius 3 is 2.68 bits per heavy atom. The number of pyridine rings is 1. The number of nitrogens with one attached hydrogen (secondary N) is 1. The van der Waals surface area contributed by atoms with E-state index < -0.39 is 27.0 Å². The molecule has 5 rings (SSSR count). The molecule has 2 fully saturated rings. The maximum atomic E-state index is 13.2. The molecule has 1 aliphatic heterocycles. The molecule has 0 aromatic carbocycles. The van der Waals surface area contributed by atoms with Crippen molar-refractivity contribution in [2.75, 3.05) is 31.6 Å². The molecule has 1 saturated carbocycles. The van der Waals surface area contributed by atoms with Crippen molar-refractivity contribution < 1.29 is 22.0 Å². The van der Waals surface area contributed by atoms with Crippen LogP contribution < -0.4 is 9.62 Å². The summed E-state index contributed by atoms with van der Waals surface area (Å²) in [5.74, 6) is 0.00205. The highest BCUT2D eigenvalue weighted by Crippen LogP contribution is 2.37. The average Bonchev–Trinajstić information content (AvgIpc) is 3.20. The smallest absolute Gasteiger partial charge is 0.291 e. The molecule has 0 radical (unpaired) electrons.